The molecule has 0 saturated carbocycles. The lowest BCUT2D eigenvalue weighted by Gasteiger charge is -2.33. The molecule has 0 radical (unpaired) electrons. The van der Waals surface area contributed by atoms with E-state index in [0.29, 0.717) is 36.8 Å². The molecule has 9 heteroatoms. The molecule has 0 bridgehead atoms. The molecular weight excluding hydrogens is 534 g/mol. The maximum Gasteiger partial charge on any atom is 0.308 e. The molecule has 236 valence electrons. The van der Waals surface area contributed by atoms with Crippen molar-refractivity contribution in [2.24, 2.45) is 11.3 Å². The van der Waals surface area contributed by atoms with Crippen LogP contribution in [-0.4, -0.2) is 93.1 Å². The quantitative estimate of drug-likeness (QED) is 0.159. The van der Waals surface area contributed by atoms with Gasteiger partial charge in [-0.3, -0.25) is 14.5 Å². The van der Waals surface area contributed by atoms with E-state index in [4.69, 9.17) is 14.2 Å². The van der Waals surface area contributed by atoms with Crippen LogP contribution in [0.5, 0.6) is 17.2 Å². The number of carbonyl (C=O) groups is 2. The molecule has 0 aromatic heterocycles. The van der Waals surface area contributed by atoms with Crippen LogP contribution in [0.2, 0.25) is 0 Å². The van der Waals surface area contributed by atoms with Crippen molar-refractivity contribution in [3.8, 4) is 17.2 Å². The van der Waals surface area contributed by atoms with Gasteiger partial charge in [0.15, 0.2) is 11.5 Å². The van der Waals surface area contributed by atoms with E-state index in [1.807, 2.05) is 12.1 Å². The maximum absolute atomic E-state index is 13.2. The molecule has 0 spiro atoms. The van der Waals surface area contributed by atoms with Crippen molar-refractivity contribution in [3.05, 3.63) is 29.3 Å². The number of hydrogen-bond acceptors (Lipinski definition) is 6. The van der Waals surface area contributed by atoms with Gasteiger partial charge in [0, 0.05) is 25.0 Å². The Morgan fingerprint density at radius 3 is 2.52 bits per heavy atom. The average molecular weight is 589 g/mol. The van der Waals surface area contributed by atoms with E-state index in [1.165, 1.54) is 25.0 Å². The maximum atomic E-state index is 13.2. The number of benzene rings is 1. The number of quaternary nitrogens is 1. The molecule has 2 N–H and O–H groups in total. The number of nitrogens with zero attached hydrogens (tertiary/aromatic N) is 2. The summed E-state index contributed by atoms with van der Waals surface area (Å²) in [6.45, 7) is 14.2. The Hall–Kier alpha value is -2.78. The number of methoxy groups -OCH3 is 1. The van der Waals surface area contributed by atoms with Crippen LogP contribution in [0.3, 0.4) is 0 Å². The van der Waals surface area contributed by atoms with Crippen molar-refractivity contribution in [3.63, 3.8) is 0 Å². The van der Waals surface area contributed by atoms with Gasteiger partial charge in [-0.1, -0.05) is 38.8 Å². The van der Waals surface area contributed by atoms with Gasteiger partial charge in [0.2, 0.25) is 18.4 Å². The SMILES string of the molecule is CCCC[N+](C)(C)CCCCNC(=O)CN1CC(c2cc(OC)c3c(c2)OCO3)C(C(=O)O)[C@@H]1CC(C)(C)C=C(C)C. The predicted molar refractivity (Wildman–Crippen MR) is 165 cm³/mol. The highest BCUT2D eigenvalue weighted by Gasteiger charge is 2.48. The lowest BCUT2D eigenvalue weighted by molar-refractivity contribution is -0.890. The fourth-order valence-corrected chi connectivity index (χ4v) is 6.66. The van der Waals surface area contributed by atoms with E-state index in [1.54, 1.807) is 7.11 Å². The van der Waals surface area contributed by atoms with Gasteiger partial charge in [-0.15, -0.1) is 0 Å². The monoisotopic (exact) mass is 588 g/mol. The molecule has 1 saturated heterocycles. The molecule has 42 heavy (non-hydrogen) atoms. The number of amides is 1. The molecule has 2 heterocycles. The number of carbonyl (C=O) groups excluding carboxylic acids is 1. The standard InChI is InChI=1S/C33H53N3O6/c1-9-10-14-36(6,7)15-12-11-13-34-29(37)21-35-20-25(24-16-27(40-8)31-28(17-24)41-22-42-31)30(32(38)39)26(35)19-33(4,5)18-23(2)3/h16-18,25-26,30H,9-15,19-22H2,1-8H3,(H-,34,37,38,39)/p+1/t25?,26-,30?/m0/s1. The highest BCUT2D eigenvalue weighted by atomic mass is 16.7. The van der Waals surface area contributed by atoms with Crippen LogP contribution >= 0.6 is 0 Å². The second-order valence-corrected chi connectivity index (χ2v) is 13.6. The summed E-state index contributed by atoms with van der Waals surface area (Å²) >= 11 is 0. The lowest BCUT2D eigenvalue weighted by atomic mass is 9.77. The number of aliphatic carboxylic acids is 1. The minimum Gasteiger partial charge on any atom is -0.493 e. The van der Waals surface area contributed by atoms with Crippen LogP contribution in [0, 0.1) is 11.3 Å². The number of hydrogen-bond donors (Lipinski definition) is 2. The largest absolute Gasteiger partial charge is 0.493 e. The van der Waals surface area contributed by atoms with Gasteiger partial charge in [0.05, 0.1) is 46.8 Å². The van der Waals surface area contributed by atoms with E-state index in [9.17, 15) is 14.7 Å². The number of likely N-dealkylation sites (tertiary alicyclic amines) is 1. The number of carboxylic acids is 1. The molecule has 3 rings (SSSR count). The molecule has 3 atom stereocenters. The highest BCUT2D eigenvalue weighted by Crippen LogP contribution is 2.48. The number of fused-ring (bicyclic) bond motifs is 1. The smallest absolute Gasteiger partial charge is 0.308 e. The molecule has 2 unspecified atom stereocenters. The fourth-order valence-electron chi connectivity index (χ4n) is 6.66. The van der Waals surface area contributed by atoms with Gasteiger partial charge in [0.25, 0.3) is 0 Å². The first-order valence-electron chi connectivity index (χ1n) is 15.5. The molecule has 1 amide bonds. The Kier molecular flexibility index (Phi) is 11.7. The molecule has 2 aliphatic heterocycles. The summed E-state index contributed by atoms with van der Waals surface area (Å²) in [7, 11) is 6.10. The molecular formula is C33H54N3O6+. The average Bonchev–Trinajstić information content (AvgIpc) is 3.50. The summed E-state index contributed by atoms with van der Waals surface area (Å²) in [4.78, 5) is 28.1. The Morgan fingerprint density at radius 2 is 1.88 bits per heavy atom. The van der Waals surface area contributed by atoms with Crippen LogP contribution in [0.25, 0.3) is 0 Å². The van der Waals surface area contributed by atoms with E-state index >= 15 is 0 Å². The van der Waals surface area contributed by atoms with Gasteiger partial charge in [0.1, 0.15) is 0 Å². The van der Waals surface area contributed by atoms with Gasteiger partial charge in [-0.2, -0.15) is 0 Å². The van der Waals surface area contributed by atoms with Crippen molar-refractivity contribution in [1.29, 1.82) is 0 Å². The molecule has 2 aliphatic rings. The summed E-state index contributed by atoms with van der Waals surface area (Å²) in [5.74, 6) is -0.337. The summed E-state index contributed by atoms with van der Waals surface area (Å²) < 4.78 is 17.8. The van der Waals surface area contributed by atoms with Crippen LogP contribution in [0.15, 0.2) is 23.8 Å². The minimum absolute atomic E-state index is 0.0622. The van der Waals surface area contributed by atoms with Crippen molar-refractivity contribution in [1.82, 2.24) is 10.2 Å². The third-order valence-electron chi connectivity index (χ3n) is 8.53. The zero-order valence-electron chi connectivity index (χ0n) is 27.1. The fraction of sp³-hybridized carbons (Fsp3) is 0.697. The summed E-state index contributed by atoms with van der Waals surface area (Å²) in [5.41, 5.74) is 1.76. The third kappa shape index (κ3) is 9.11. The van der Waals surface area contributed by atoms with Gasteiger partial charge in [-0.25, -0.2) is 0 Å². The van der Waals surface area contributed by atoms with E-state index in [2.05, 4.69) is 65.0 Å². The van der Waals surface area contributed by atoms with Crippen LogP contribution in [0.1, 0.15) is 78.2 Å². The van der Waals surface area contributed by atoms with Crippen molar-refractivity contribution in [2.75, 3.05) is 60.7 Å². The molecule has 1 fully saturated rings. The Bertz CT molecular complexity index is 1110. The zero-order chi connectivity index (χ0) is 31.1. The first kappa shape index (κ1) is 33.7. The normalized spacial score (nSPS) is 20.4. The number of unbranched alkanes of at least 4 members (excludes halogenated alkanes) is 2. The predicted octanol–water partition coefficient (Wildman–Crippen LogP) is 5.05. The van der Waals surface area contributed by atoms with Gasteiger partial charge >= 0.3 is 5.97 Å². The van der Waals surface area contributed by atoms with Gasteiger partial charge in [-0.05, 0) is 62.6 Å². The first-order chi connectivity index (χ1) is 19.8. The molecule has 1 aromatic carbocycles. The first-order valence-corrected chi connectivity index (χ1v) is 15.5. The van der Waals surface area contributed by atoms with Crippen LogP contribution < -0.4 is 19.5 Å². The minimum atomic E-state index is -0.860. The molecule has 9 nitrogen and oxygen atoms in total. The van der Waals surface area contributed by atoms with E-state index < -0.39 is 11.9 Å². The van der Waals surface area contributed by atoms with Crippen molar-refractivity contribution < 1.29 is 33.4 Å². The van der Waals surface area contributed by atoms with Crippen LogP contribution in [0.4, 0.5) is 0 Å². The summed E-state index contributed by atoms with van der Waals surface area (Å²) in [6.07, 6.45) is 7.21. The lowest BCUT2D eigenvalue weighted by Crippen LogP contribution is -2.44. The van der Waals surface area contributed by atoms with Gasteiger partial charge < -0.3 is 29.1 Å². The van der Waals surface area contributed by atoms with E-state index in [0.717, 1.165) is 29.4 Å². The molecule has 0 aliphatic carbocycles. The highest BCUT2D eigenvalue weighted by molar-refractivity contribution is 5.79. The van der Waals surface area contributed by atoms with E-state index in [-0.39, 0.29) is 36.6 Å². The zero-order valence-corrected chi connectivity index (χ0v) is 27.1. The summed E-state index contributed by atoms with van der Waals surface area (Å²) in [6, 6.07) is 3.40. The Morgan fingerprint density at radius 1 is 1.17 bits per heavy atom. The Balaban J connectivity index is 1.77. The topological polar surface area (TPSA) is 97.3 Å². The molecule has 1 aromatic rings. The van der Waals surface area contributed by atoms with Crippen molar-refractivity contribution in [2.45, 2.75) is 78.7 Å². The Labute approximate surface area is 252 Å². The van der Waals surface area contributed by atoms with Crippen LogP contribution in [-0.2, 0) is 9.59 Å². The summed E-state index contributed by atoms with van der Waals surface area (Å²) in [5, 5.41) is 13.7. The number of rotatable bonds is 16. The number of ether oxygens (including phenoxy) is 3. The number of carboxylic acid groups (broad SMARTS) is 1. The second kappa shape index (κ2) is 14.6. The van der Waals surface area contributed by atoms with Crippen molar-refractivity contribution >= 4 is 11.9 Å². The number of allylic oxidation sites excluding steroid dienone is 2. The third-order valence-corrected chi connectivity index (χ3v) is 8.53. The number of nitrogens with one attached hydrogen (secondary N) is 1. The second-order valence-electron chi connectivity index (χ2n) is 13.6.